The minimum atomic E-state index is -0.733. The van der Waals surface area contributed by atoms with Crippen LogP contribution in [0.15, 0.2) is 42.5 Å². The van der Waals surface area contributed by atoms with E-state index in [1.807, 2.05) is 6.07 Å². The van der Waals surface area contributed by atoms with E-state index in [-0.39, 0.29) is 5.91 Å². The molecule has 1 N–H and O–H groups in total. The van der Waals surface area contributed by atoms with Gasteiger partial charge in [-0.1, -0.05) is 23.2 Å². The first kappa shape index (κ1) is 16.2. The highest BCUT2D eigenvalue weighted by atomic mass is 35.5. The van der Waals surface area contributed by atoms with E-state index in [1.165, 1.54) is 0 Å². The molecule has 0 saturated carbocycles. The summed E-state index contributed by atoms with van der Waals surface area (Å²) in [5.74, 6) is 0.146. The Balaban J connectivity index is 2.02. The first-order valence-electron chi connectivity index (χ1n) is 6.42. The van der Waals surface area contributed by atoms with Crippen molar-refractivity contribution in [1.29, 1.82) is 5.26 Å². The van der Waals surface area contributed by atoms with Gasteiger partial charge in [-0.05, 0) is 49.4 Å². The molecule has 0 aliphatic carbocycles. The highest BCUT2D eigenvalue weighted by Crippen LogP contribution is 2.25. The Morgan fingerprint density at radius 1 is 1.23 bits per heavy atom. The van der Waals surface area contributed by atoms with Crippen molar-refractivity contribution in [3.8, 4) is 11.8 Å². The summed E-state index contributed by atoms with van der Waals surface area (Å²) < 4.78 is 5.52. The minimum Gasteiger partial charge on any atom is -0.481 e. The van der Waals surface area contributed by atoms with Gasteiger partial charge < -0.3 is 10.1 Å². The molecule has 2 rings (SSSR count). The van der Waals surface area contributed by atoms with Crippen molar-refractivity contribution in [1.82, 2.24) is 0 Å². The maximum atomic E-state index is 12.1. The Labute approximate surface area is 138 Å². The fourth-order valence-corrected chi connectivity index (χ4v) is 2.03. The molecule has 2 aromatic rings. The average Bonchev–Trinajstić information content (AvgIpc) is 2.51. The lowest BCUT2D eigenvalue weighted by molar-refractivity contribution is -0.122. The van der Waals surface area contributed by atoms with Gasteiger partial charge >= 0.3 is 0 Å². The fraction of sp³-hybridized carbons (Fsp3) is 0.125. The van der Waals surface area contributed by atoms with Crippen LogP contribution in [0.2, 0.25) is 10.0 Å². The van der Waals surface area contributed by atoms with Gasteiger partial charge in [-0.3, -0.25) is 4.79 Å². The predicted molar refractivity (Wildman–Crippen MR) is 86.3 cm³/mol. The van der Waals surface area contributed by atoms with Crippen LogP contribution in [0.3, 0.4) is 0 Å². The van der Waals surface area contributed by atoms with E-state index < -0.39 is 6.10 Å². The number of nitrogens with one attached hydrogen (secondary N) is 1. The van der Waals surface area contributed by atoms with Crippen molar-refractivity contribution in [2.24, 2.45) is 0 Å². The number of carbonyl (C=O) groups excluding carboxylic acids is 1. The van der Waals surface area contributed by atoms with Gasteiger partial charge in [0.15, 0.2) is 6.10 Å². The quantitative estimate of drug-likeness (QED) is 0.907. The summed E-state index contributed by atoms with van der Waals surface area (Å²) in [7, 11) is 0. The molecule has 0 saturated heterocycles. The molecule has 0 aliphatic heterocycles. The molecule has 1 atom stereocenters. The maximum Gasteiger partial charge on any atom is 0.265 e. The molecule has 0 radical (unpaired) electrons. The largest absolute Gasteiger partial charge is 0.481 e. The third kappa shape index (κ3) is 4.14. The zero-order chi connectivity index (χ0) is 16.1. The van der Waals surface area contributed by atoms with Crippen LogP contribution in [0, 0.1) is 11.3 Å². The number of anilines is 1. The second kappa shape index (κ2) is 7.17. The molecule has 112 valence electrons. The number of nitrogens with zero attached hydrogens (tertiary/aromatic N) is 1. The number of carbonyl (C=O) groups is 1. The van der Waals surface area contributed by atoms with Crippen LogP contribution >= 0.6 is 23.2 Å². The van der Waals surface area contributed by atoms with Crippen LogP contribution in [-0.4, -0.2) is 12.0 Å². The van der Waals surface area contributed by atoms with Crippen molar-refractivity contribution in [2.75, 3.05) is 5.32 Å². The number of hydrogen-bond donors (Lipinski definition) is 1. The second-order valence-corrected chi connectivity index (χ2v) is 5.35. The predicted octanol–water partition coefficient (Wildman–Crippen LogP) is 4.27. The lowest BCUT2D eigenvalue weighted by atomic mass is 10.2. The Bertz CT molecular complexity index is 724. The maximum absolute atomic E-state index is 12.1. The molecule has 1 amide bonds. The molecular weight excluding hydrogens is 323 g/mol. The summed E-state index contributed by atoms with van der Waals surface area (Å²) in [6.07, 6.45) is -0.733. The van der Waals surface area contributed by atoms with Gasteiger partial charge in [-0.2, -0.15) is 5.26 Å². The molecule has 0 bridgehead atoms. The van der Waals surface area contributed by atoms with Crippen LogP contribution in [-0.2, 0) is 4.79 Å². The topological polar surface area (TPSA) is 62.1 Å². The van der Waals surface area contributed by atoms with Crippen LogP contribution in [0.25, 0.3) is 0 Å². The van der Waals surface area contributed by atoms with Crippen LogP contribution < -0.4 is 10.1 Å². The van der Waals surface area contributed by atoms with Gasteiger partial charge in [0, 0.05) is 5.02 Å². The van der Waals surface area contributed by atoms with Crippen molar-refractivity contribution in [2.45, 2.75) is 13.0 Å². The van der Waals surface area contributed by atoms with Crippen LogP contribution in [0.5, 0.6) is 5.75 Å². The van der Waals surface area contributed by atoms with Gasteiger partial charge in [0.05, 0.1) is 22.3 Å². The normalized spacial score (nSPS) is 11.4. The molecule has 0 aromatic heterocycles. The standard InChI is InChI=1S/C16H12Cl2N2O2/c1-10(22-13-5-2-11(9-19)3-6-13)16(21)20-15-8-12(17)4-7-14(15)18/h2-8,10H,1H3,(H,20,21). The van der Waals surface area contributed by atoms with Crippen molar-refractivity contribution >= 4 is 34.8 Å². The van der Waals surface area contributed by atoms with Gasteiger partial charge in [-0.25, -0.2) is 0 Å². The molecule has 4 nitrogen and oxygen atoms in total. The third-order valence-corrected chi connectivity index (χ3v) is 3.42. The number of amides is 1. The van der Waals surface area contributed by atoms with E-state index in [1.54, 1.807) is 49.4 Å². The summed E-state index contributed by atoms with van der Waals surface area (Å²) in [5, 5.41) is 12.3. The van der Waals surface area contributed by atoms with Crippen LogP contribution in [0.4, 0.5) is 5.69 Å². The summed E-state index contributed by atoms with van der Waals surface area (Å²) in [4.78, 5) is 12.1. The van der Waals surface area contributed by atoms with Crippen LogP contribution in [0.1, 0.15) is 12.5 Å². The smallest absolute Gasteiger partial charge is 0.265 e. The minimum absolute atomic E-state index is 0.353. The van der Waals surface area contributed by atoms with E-state index in [0.717, 1.165) is 0 Å². The number of halogens is 2. The number of ether oxygens (including phenoxy) is 1. The monoisotopic (exact) mass is 334 g/mol. The zero-order valence-electron chi connectivity index (χ0n) is 11.6. The Hall–Kier alpha value is -2.22. The number of rotatable bonds is 4. The molecule has 2 aromatic carbocycles. The van der Waals surface area contributed by atoms with Gasteiger partial charge in [-0.15, -0.1) is 0 Å². The number of benzene rings is 2. The lowest BCUT2D eigenvalue weighted by Gasteiger charge is -2.15. The summed E-state index contributed by atoms with van der Waals surface area (Å²) in [6.45, 7) is 1.62. The van der Waals surface area contributed by atoms with Gasteiger partial charge in [0.25, 0.3) is 5.91 Å². The Morgan fingerprint density at radius 3 is 2.55 bits per heavy atom. The van der Waals surface area contributed by atoms with Crippen molar-refractivity contribution in [3.63, 3.8) is 0 Å². The van der Waals surface area contributed by atoms with E-state index >= 15 is 0 Å². The molecular formula is C16H12Cl2N2O2. The average molecular weight is 335 g/mol. The molecule has 0 heterocycles. The fourth-order valence-electron chi connectivity index (χ4n) is 1.69. The summed E-state index contributed by atoms with van der Waals surface area (Å²) in [5.41, 5.74) is 0.949. The molecule has 1 unspecified atom stereocenters. The molecule has 0 fully saturated rings. The Kier molecular flexibility index (Phi) is 5.26. The zero-order valence-corrected chi connectivity index (χ0v) is 13.2. The second-order valence-electron chi connectivity index (χ2n) is 4.51. The molecule has 6 heteroatoms. The number of hydrogen-bond acceptors (Lipinski definition) is 3. The molecule has 0 spiro atoms. The van der Waals surface area contributed by atoms with E-state index in [9.17, 15) is 4.79 Å². The lowest BCUT2D eigenvalue weighted by Crippen LogP contribution is -2.30. The number of nitriles is 1. The van der Waals surface area contributed by atoms with Gasteiger partial charge in [0.2, 0.25) is 0 Å². The highest BCUT2D eigenvalue weighted by Gasteiger charge is 2.16. The van der Waals surface area contributed by atoms with E-state index in [4.69, 9.17) is 33.2 Å². The SMILES string of the molecule is CC(Oc1ccc(C#N)cc1)C(=O)Nc1cc(Cl)ccc1Cl. The molecule has 22 heavy (non-hydrogen) atoms. The summed E-state index contributed by atoms with van der Waals surface area (Å²) in [6, 6.07) is 13.3. The van der Waals surface area contributed by atoms with E-state index in [2.05, 4.69) is 5.32 Å². The van der Waals surface area contributed by atoms with E-state index in [0.29, 0.717) is 27.0 Å². The third-order valence-electron chi connectivity index (χ3n) is 2.85. The Morgan fingerprint density at radius 2 is 1.91 bits per heavy atom. The van der Waals surface area contributed by atoms with Crippen molar-refractivity contribution < 1.29 is 9.53 Å². The van der Waals surface area contributed by atoms with Gasteiger partial charge in [0.1, 0.15) is 5.75 Å². The molecule has 0 aliphatic rings. The van der Waals surface area contributed by atoms with Crippen molar-refractivity contribution in [3.05, 3.63) is 58.1 Å². The summed E-state index contributed by atoms with van der Waals surface area (Å²) >= 11 is 11.9. The highest BCUT2D eigenvalue weighted by molar-refractivity contribution is 6.35. The first-order valence-corrected chi connectivity index (χ1v) is 7.18. The first-order chi connectivity index (χ1) is 10.5.